The molecule has 3 rings (SSSR count). The van der Waals surface area contributed by atoms with E-state index in [1.54, 1.807) is 31.4 Å². The molecule has 11 heteroatoms. The summed E-state index contributed by atoms with van der Waals surface area (Å²) in [4.78, 5) is 23.3. The Hall–Kier alpha value is -3.60. The zero-order valence-electron chi connectivity index (χ0n) is 20.1. The van der Waals surface area contributed by atoms with Gasteiger partial charge < -0.3 is 20.3 Å². The number of benzene rings is 3. The first-order valence-electron chi connectivity index (χ1n) is 10.9. The van der Waals surface area contributed by atoms with Crippen LogP contribution in [0, 0.1) is 0 Å². The number of nitrogens with zero attached hydrogens (tertiary/aromatic N) is 1. The Bertz CT molecular complexity index is 1190. The van der Waals surface area contributed by atoms with Gasteiger partial charge in [0, 0.05) is 34.9 Å². The molecule has 3 aromatic carbocycles. The molecule has 0 aromatic heterocycles. The van der Waals surface area contributed by atoms with Gasteiger partial charge in [0.2, 0.25) is 0 Å². The molecule has 0 saturated heterocycles. The molecular weight excluding hydrogens is 513 g/mol. The molecule has 0 bridgehead atoms. The number of carboxylic acid groups (broad SMARTS) is 1. The second-order valence-corrected chi connectivity index (χ2v) is 8.27. The molecule has 0 heterocycles. The number of aliphatic carboxylic acids is 1. The molecule has 0 spiro atoms. The van der Waals surface area contributed by atoms with E-state index in [1.165, 1.54) is 0 Å². The van der Waals surface area contributed by atoms with Gasteiger partial charge in [-0.05, 0) is 66.7 Å². The third-order valence-electron chi connectivity index (χ3n) is 5.03. The lowest BCUT2D eigenvalue weighted by Gasteiger charge is -2.18. The molecule has 3 aromatic rings. The summed E-state index contributed by atoms with van der Waals surface area (Å²) in [5.41, 5.74) is 4.41. The zero-order chi connectivity index (χ0) is 27.6. The fraction of sp³-hybridized carbons (Fsp3) is 0.231. The number of rotatable bonds is 8. The predicted molar refractivity (Wildman–Crippen MR) is 135 cm³/mol. The highest BCUT2D eigenvalue weighted by atomic mass is 35.5. The summed E-state index contributed by atoms with van der Waals surface area (Å²) in [7, 11) is 3.61. The van der Waals surface area contributed by atoms with Crippen LogP contribution < -0.4 is 10.1 Å². The van der Waals surface area contributed by atoms with Crippen molar-refractivity contribution in [3.8, 4) is 16.9 Å². The number of ether oxygens (including phenoxy) is 1. The summed E-state index contributed by atoms with van der Waals surface area (Å²) in [6.45, 7) is 1.38. The number of hydrogen-bond acceptors (Lipinski definition) is 5. The monoisotopic (exact) mass is 538 g/mol. The summed E-state index contributed by atoms with van der Waals surface area (Å²) in [6, 6.07) is 20.5. The molecule has 0 atom stereocenters. The average molecular weight is 539 g/mol. The van der Waals surface area contributed by atoms with E-state index < -0.39 is 12.1 Å². The fourth-order valence-corrected chi connectivity index (χ4v) is 3.30. The maximum absolute atomic E-state index is 12.4. The van der Waals surface area contributed by atoms with E-state index in [0.717, 1.165) is 28.1 Å². The molecule has 198 valence electrons. The van der Waals surface area contributed by atoms with Gasteiger partial charge in [-0.1, -0.05) is 29.8 Å². The maximum Gasteiger partial charge on any atom is 0.490 e. The molecule has 0 aliphatic rings. The lowest BCUT2D eigenvalue weighted by molar-refractivity contribution is -0.192. The summed E-state index contributed by atoms with van der Waals surface area (Å²) in [5, 5.41) is 19.8. The zero-order valence-corrected chi connectivity index (χ0v) is 20.8. The highest BCUT2D eigenvalue weighted by Crippen LogP contribution is 2.28. The van der Waals surface area contributed by atoms with Crippen molar-refractivity contribution in [1.29, 1.82) is 0 Å². The molecule has 0 saturated carbocycles. The van der Waals surface area contributed by atoms with Crippen LogP contribution in [0.15, 0.2) is 66.7 Å². The van der Waals surface area contributed by atoms with Crippen molar-refractivity contribution in [3.05, 3.63) is 82.9 Å². The van der Waals surface area contributed by atoms with E-state index in [0.29, 0.717) is 23.7 Å². The minimum absolute atomic E-state index is 0.113. The van der Waals surface area contributed by atoms with Crippen LogP contribution in [0.5, 0.6) is 5.75 Å². The molecule has 0 aliphatic heterocycles. The number of carbonyl (C=O) groups excluding carboxylic acids is 1. The Morgan fingerprint density at radius 3 is 2.08 bits per heavy atom. The SMILES string of the molecule is COc1ccc(-c2ccc(NC(=O)c3ccc(Cl)cc3)cc2)cc1CN(C)CCO.O=C(O)C(F)(F)F. The van der Waals surface area contributed by atoms with Gasteiger partial charge in [0.25, 0.3) is 5.91 Å². The minimum Gasteiger partial charge on any atom is -0.496 e. The molecular formula is C26H26ClF3N2O5. The largest absolute Gasteiger partial charge is 0.496 e. The number of alkyl halides is 3. The molecule has 3 N–H and O–H groups in total. The van der Waals surface area contributed by atoms with Crippen molar-refractivity contribution in [2.45, 2.75) is 12.7 Å². The lowest BCUT2D eigenvalue weighted by atomic mass is 10.0. The summed E-state index contributed by atoms with van der Waals surface area (Å²) < 4.78 is 37.2. The van der Waals surface area contributed by atoms with Crippen molar-refractivity contribution in [2.75, 3.05) is 32.6 Å². The van der Waals surface area contributed by atoms with Crippen molar-refractivity contribution in [1.82, 2.24) is 4.90 Å². The highest BCUT2D eigenvalue weighted by Gasteiger charge is 2.38. The van der Waals surface area contributed by atoms with Crippen LogP contribution in [0.25, 0.3) is 11.1 Å². The number of aliphatic hydroxyl groups excluding tert-OH is 1. The predicted octanol–water partition coefficient (Wildman–Crippen LogP) is 5.33. The molecule has 0 unspecified atom stereocenters. The third kappa shape index (κ3) is 9.41. The van der Waals surface area contributed by atoms with E-state index in [1.807, 2.05) is 48.3 Å². The topological polar surface area (TPSA) is 99.1 Å². The van der Waals surface area contributed by atoms with Gasteiger partial charge >= 0.3 is 12.1 Å². The quantitative estimate of drug-likeness (QED) is 0.359. The van der Waals surface area contributed by atoms with E-state index in [4.69, 9.17) is 31.3 Å². The number of aliphatic hydroxyl groups is 1. The van der Waals surface area contributed by atoms with Gasteiger partial charge in [0.05, 0.1) is 13.7 Å². The van der Waals surface area contributed by atoms with Crippen LogP contribution in [-0.2, 0) is 11.3 Å². The third-order valence-corrected chi connectivity index (χ3v) is 5.28. The van der Waals surface area contributed by atoms with Crippen LogP contribution in [-0.4, -0.2) is 60.5 Å². The van der Waals surface area contributed by atoms with Gasteiger partial charge in [0.15, 0.2) is 0 Å². The number of likely N-dealkylation sites (N-methyl/N-ethyl adjacent to an activating group) is 1. The number of methoxy groups -OCH3 is 1. The first-order valence-corrected chi connectivity index (χ1v) is 11.3. The van der Waals surface area contributed by atoms with Crippen molar-refractivity contribution >= 4 is 29.2 Å². The molecule has 37 heavy (non-hydrogen) atoms. The van der Waals surface area contributed by atoms with E-state index in [9.17, 15) is 18.0 Å². The van der Waals surface area contributed by atoms with Gasteiger partial charge in [0.1, 0.15) is 5.75 Å². The van der Waals surface area contributed by atoms with Crippen molar-refractivity contribution in [2.24, 2.45) is 0 Å². The number of amides is 1. The van der Waals surface area contributed by atoms with Crippen LogP contribution in [0.1, 0.15) is 15.9 Å². The minimum atomic E-state index is -5.08. The molecule has 0 fully saturated rings. The van der Waals surface area contributed by atoms with Gasteiger partial charge in [-0.15, -0.1) is 0 Å². The van der Waals surface area contributed by atoms with Crippen molar-refractivity contribution in [3.63, 3.8) is 0 Å². The molecule has 1 amide bonds. The second-order valence-electron chi connectivity index (χ2n) is 7.83. The van der Waals surface area contributed by atoms with Gasteiger partial charge in [-0.2, -0.15) is 13.2 Å². The Labute approximate surface area is 217 Å². The van der Waals surface area contributed by atoms with Gasteiger partial charge in [-0.25, -0.2) is 4.79 Å². The van der Waals surface area contributed by atoms with E-state index >= 15 is 0 Å². The first-order chi connectivity index (χ1) is 17.4. The number of anilines is 1. The summed E-state index contributed by atoms with van der Waals surface area (Å²) in [5.74, 6) is -2.12. The van der Waals surface area contributed by atoms with Crippen molar-refractivity contribution < 1.29 is 37.7 Å². The fourth-order valence-electron chi connectivity index (χ4n) is 3.17. The van der Waals surface area contributed by atoms with E-state index in [2.05, 4.69) is 11.4 Å². The summed E-state index contributed by atoms with van der Waals surface area (Å²) in [6.07, 6.45) is -5.08. The molecule has 7 nitrogen and oxygen atoms in total. The number of nitrogens with one attached hydrogen (secondary N) is 1. The highest BCUT2D eigenvalue weighted by molar-refractivity contribution is 6.30. The molecule has 0 aliphatic carbocycles. The molecule has 0 radical (unpaired) electrons. The second kappa shape index (κ2) is 13.6. The van der Waals surface area contributed by atoms with Crippen LogP contribution in [0.4, 0.5) is 18.9 Å². The average Bonchev–Trinajstić information content (AvgIpc) is 2.85. The van der Waals surface area contributed by atoms with Gasteiger partial charge in [-0.3, -0.25) is 9.69 Å². The number of carbonyl (C=O) groups is 2. The maximum atomic E-state index is 12.4. The Balaban J connectivity index is 0.000000604. The number of hydrogen-bond donors (Lipinski definition) is 3. The Morgan fingerprint density at radius 1 is 1.00 bits per heavy atom. The summed E-state index contributed by atoms with van der Waals surface area (Å²) >= 11 is 5.87. The number of carboxylic acids is 1. The lowest BCUT2D eigenvalue weighted by Crippen LogP contribution is -2.21. The standard InChI is InChI=1S/C24H25ClN2O3.C2HF3O2/c1-27(13-14-28)16-20-15-19(7-12-23(20)30-2)17-5-10-22(11-6-17)26-24(29)18-3-8-21(25)9-4-18;3-2(4,5)1(6)7/h3-12,15,28H,13-14,16H2,1-2H3,(H,26,29);(H,6,7). The van der Waals surface area contributed by atoms with E-state index in [-0.39, 0.29) is 12.5 Å². The Kier molecular flexibility index (Phi) is 10.9. The Morgan fingerprint density at radius 2 is 1.57 bits per heavy atom. The van der Waals surface area contributed by atoms with Crippen LogP contribution in [0.2, 0.25) is 5.02 Å². The normalized spacial score (nSPS) is 10.9. The van der Waals surface area contributed by atoms with Crippen LogP contribution in [0.3, 0.4) is 0 Å². The smallest absolute Gasteiger partial charge is 0.490 e. The van der Waals surface area contributed by atoms with Crippen LogP contribution >= 0.6 is 11.6 Å². The number of halogens is 4. The first kappa shape index (κ1) is 29.6.